The van der Waals surface area contributed by atoms with Gasteiger partial charge < -0.3 is 14.6 Å². The van der Waals surface area contributed by atoms with Gasteiger partial charge in [0.15, 0.2) is 0 Å². The average molecular weight is 275 g/mol. The number of aromatic nitrogens is 2. The molecule has 0 atom stereocenters. The van der Waals surface area contributed by atoms with Crippen molar-refractivity contribution in [2.75, 3.05) is 19.0 Å². The van der Waals surface area contributed by atoms with Gasteiger partial charge in [0.2, 0.25) is 11.7 Å². The van der Waals surface area contributed by atoms with Gasteiger partial charge in [0.25, 0.3) is 0 Å². The van der Waals surface area contributed by atoms with Crippen molar-refractivity contribution in [3.8, 4) is 0 Å². The molecule has 5 heteroatoms. The van der Waals surface area contributed by atoms with Crippen LogP contribution in [0.25, 0.3) is 0 Å². The van der Waals surface area contributed by atoms with E-state index in [2.05, 4.69) is 34.5 Å². The van der Waals surface area contributed by atoms with Crippen LogP contribution in [0.15, 0.2) is 28.8 Å². The maximum atomic E-state index is 5.33. The number of para-hydroxylation sites is 1. The van der Waals surface area contributed by atoms with Crippen LogP contribution in [0.4, 0.5) is 5.69 Å². The van der Waals surface area contributed by atoms with Gasteiger partial charge in [-0.1, -0.05) is 23.4 Å². The predicted octanol–water partition coefficient (Wildman–Crippen LogP) is 2.91. The van der Waals surface area contributed by atoms with E-state index in [1.54, 1.807) is 7.11 Å². The van der Waals surface area contributed by atoms with Crippen molar-refractivity contribution in [1.29, 1.82) is 0 Å². The van der Waals surface area contributed by atoms with Crippen LogP contribution in [-0.4, -0.2) is 23.8 Å². The Balaban J connectivity index is 1.91. The van der Waals surface area contributed by atoms with Crippen LogP contribution >= 0.6 is 0 Å². The Kier molecular flexibility index (Phi) is 4.39. The molecule has 0 radical (unpaired) electrons. The minimum Gasteiger partial charge on any atom is -0.384 e. The first-order chi connectivity index (χ1) is 9.53. The van der Waals surface area contributed by atoms with Gasteiger partial charge in [-0.05, 0) is 32.4 Å². The Hall–Kier alpha value is -1.88. The number of aryl methyl sites for hydroxylation is 1. The van der Waals surface area contributed by atoms with Gasteiger partial charge >= 0.3 is 0 Å². The van der Waals surface area contributed by atoms with Crippen molar-refractivity contribution < 1.29 is 9.26 Å². The molecule has 20 heavy (non-hydrogen) atoms. The zero-order chi connectivity index (χ0) is 14.6. The fourth-order valence-corrected chi connectivity index (χ4v) is 1.77. The average Bonchev–Trinajstić information content (AvgIpc) is 2.90. The second-order valence-corrected chi connectivity index (χ2v) is 5.22. The molecule has 1 aromatic heterocycles. The summed E-state index contributed by atoms with van der Waals surface area (Å²) in [5, 5.41) is 7.33. The van der Waals surface area contributed by atoms with E-state index in [1.165, 1.54) is 5.56 Å². The minimum atomic E-state index is -0.523. The highest BCUT2D eigenvalue weighted by Gasteiger charge is 2.25. The van der Waals surface area contributed by atoms with Crippen molar-refractivity contribution >= 4 is 5.69 Å². The summed E-state index contributed by atoms with van der Waals surface area (Å²) in [6.45, 7) is 6.65. The van der Waals surface area contributed by atoms with Crippen molar-refractivity contribution in [3.63, 3.8) is 0 Å². The van der Waals surface area contributed by atoms with Gasteiger partial charge in [-0.3, -0.25) is 0 Å². The molecule has 0 aliphatic carbocycles. The topological polar surface area (TPSA) is 60.2 Å². The molecule has 0 unspecified atom stereocenters. The normalized spacial score (nSPS) is 11.6. The Bertz CT molecular complexity index is 564. The molecule has 2 rings (SSSR count). The number of rotatable bonds is 6. The lowest BCUT2D eigenvalue weighted by atomic mass is 10.1. The lowest BCUT2D eigenvalue weighted by molar-refractivity contribution is 0.00973. The highest BCUT2D eigenvalue weighted by atomic mass is 16.5. The highest BCUT2D eigenvalue weighted by molar-refractivity contribution is 5.50. The van der Waals surface area contributed by atoms with Crippen LogP contribution in [0.5, 0.6) is 0 Å². The van der Waals surface area contributed by atoms with Crippen LogP contribution in [0.2, 0.25) is 0 Å². The first-order valence-electron chi connectivity index (χ1n) is 6.70. The lowest BCUT2D eigenvalue weighted by Crippen LogP contribution is -2.21. The molecule has 0 aliphatic rings. The Labute approximate surface area is 119 Å². The van der Waals surface area contributed by atoms with Gasteiger partial charge in [-0.15, -0.1) is 0 Å². The Morgan fingerprint density at radius 1 is 1.30 bits per heavy atom. The minimum absolute atomic E-state index is 0.523. The fourth-order valence-electron chi connectivity index (χ4n) is 1.77. The molecule has 2 aromatic rings. The molecule has 5 nitrogen and oxygen atoms in total. The largest absolute Gasteiger partial charge is 0.384 e. The van der Waals surface area contributed by atoms with Gasteiger partial charge in [0.1, 0.15) is 5.60 Å². The predicted molar refractivity (Wildman–Crippen MR) is 77.7 cm³/mol. The molecule has 1 heterocycles. The Morgan fingerprint density at radius 2 is 2.05 bits per heavy atom. The fraction of sp³-hybridized carbons (Fsp3) is 0.467. The van der Waals surface area contributed by atoms with Gasteiger partial charge in [-0.2, -0.15) is 4.98 Å². The van der Waals surface area contributed by atoms with Crippen molar-refractivity contribution in [2.45, 2.75) is 32.8 Å². The number of nitrogens with one attached hydrogen (secondary N) is 1. The summed E-state index contributed by atoms with van der Waals surface area (Å²) < 4.78 is 10.6. The van der Waals surface area contributed by atoms with Crippen molar-refractivity contribution in [2.24, 2.45) is 0 Å². The zero-order valence-corrected chi connectivity index (χ0v) is 12.4. The molecule has 0 spiro atoms. The van der Waals surface area contributed by atoms with E-state index in [4.69, 9.17) is 9.26 Å². The monoisotopic (exact) mass is 275 g/mol. The third-order valence-electron chi connectivity index (χ3n) is 3.32. The number of hydrogen-bond acceptors (Lipinski definition) is 5. The molecule has 0 aliphatic heterocycles. The van der Waals surface area contributed by atoms with E-state index >= 15 is 0 Å². The van der Waals surface area contributed by atoms with E-state index in [0.717, 1.165) is 12.2 Å². The molecular weight excluding hydrogens is 254 g/mol. The first kappa shape index (κ1) is 14.5. The Morgan fingerprint density at radius 3 is 2.75 bits per heavy atom. The summed E-state index contributed by atoms with van der Waals surface area (Å²) in [6.07, 6.45) is 0.682. The number of benzene rings is 1. The number of nitrogens with zero attached hydrogens (tertiary/aromatic N) is 2. The smallest absolute Gasteiger partial charge is 0.228 e. The number of methoxy groups -OCH3 is 1. The first-order valence-corrected chi connectivity index (χ1v) is 6.70. The van der Waals surface area contributed by atoms with E-state index in [0.29, 0.717) is 18.1 Å². The molecule has 0 bridgehead atoms. The van der Waals surface area contributed by atoms with Gasteiger partial charge in [-0.25, -0.2) is 0 Å². The van der Waals surface area contributed by atoms with Crippen molar-refractivity contribution in [1.82, 2.24) is 10.1 Å². The molecule has 0 saturated carbocycles. The van der Waals surface area contributed by atoms with E-state index in [-0.39, 0.29) is 0 Å². The SMILES string of the molecule is COC(C)(C)c1noc(CCNc2ccccc2C)n1. The van der Waals surface area contributed by atoms with Crippen LogP contribution in [0.3, 0.4) is 0 Å². The summed E-state index contributed by atoms with van der Waals surface area (Å²) in [5.41, 5.74) is 1.83. The summed E-state index contributed by atoms with van der Waals surface area (Å²) in [5.74, 6) is 1.19. The molecule has 0 amide bonds. The van der Waals surface area contributed by atoms with E-state index < -0.39 is 5.60 Å². The molecular formula is C15H21N3O2. The summed E-state index contributed by atoms with van der Waals surface area (Å²) in [7, 11) is 1.63. The second kappa shape index (κ2) is 6.05. The molecule has 1 N–H and O–H groups in total. The molecule has 0 saturated heterocycles. The van der Waals surface area contributed by atoms with Gasteiger partial charge in [0.05, 0.1) is 0 Å². The van der Waals surface area contributed by atoms with E-state index in [9.17, 15) is 0 Å². The third kappa shape index (κ3) is 3.36. The maximum Gasteiger partial charge on any atom is 0.228 e. The number of hydrogen-bond donors (Lipinski definition) is 1. The zero-order valence-electron chi connectivity index (χ0n) is 12.4. The molecule has 108 valence electrons. The standard InChI is InChI=1S/C15H21N3O2/c1-11-7-5-6-8-12(11)16-10-9-13-17-14(18-20-13)15(2,3)19-4/h5-8,16H,9-10H2,1-4H3. The summed E-state index contributed by atoms with van der Waals surface area (Å²) in [6, 6.07) is 8.18. The second-order valence-electron chi connectivity index (χ2n) is 5.22. The molecule has 1 aromatic carbocycles. The summed E-state index contributed by atoms with van der Waals surface area (Å²) in [4.78, 5) is 4.36. The van der Waals surface area contributed by atoms with Crippen LogP contribution in [0.1, 0.15) is 31.1 Å². The number of ether oxygens (including phenoxy) is 1. The number of anilines is 1. The van der Waals surface area contributed by atoms with E-state index in [1.807, 2.05) is 26.0 Å². The third-order valence-corrected chi connectivity index (χ3v) is 3.32. The van der Waals surface area contributed by atoms with Crippen LogP contribution < -0.4 is 5.32 Å². The highest BCUT2D eigenvalue weighted by Crippen LogP contribution is 2.20. The van der Waals surface area contributed by atoms with Crippen molar-refractivity contribution in [3.05, 3.63) is 41.5 Å². The quantitative estimate of drug-likeness (QED) is 0.878. The molecule has 0 fully saturated rings. The van der Waals surface area contributed by atoms with Crippen LogP contribution in [-0.2, 0) is 16.8 Å². The summed E-state index contributed by atoms with van der Waals surface area (Å²) >= 11 is 0. The van der Waals surface area contributed by atoms with Gasteiger partial charge in [0, 0.05) is 25.8 Å². The maximum absolute atomic E-state index is 5.33. The lowest BCUT2D eigenvalue weighted by Gasteiger charge is -2.17. The van der Waals surface area contributed by atoms with Crippen LogP contribution in [0, 0.1) is 6.92 Å².